The number of carbonyl (C=O) groups is 2. The summed E-state index contributed by atoms with van der Waals surface area (Å²) in [7, 11) is 0. The molecule has 20 heavy (non-hydrogen) atoms. The van der Waals surface area contributed by atoms with E-state index in [9.17, 15) is 14.7 Å². The highest BCUT2D eigenvalue weighted by atomic mass is 16.5. The minimum absolute atomic E-state index is 0.183. The molecule has 1 fully saturated rings. The van der Waals surface area contributed by atoms with Crippen molar-refractivity contribution in [3.8, 4) is 0 Å². The minimum Gasteiger partial charge on any atom is -0.481 e. The van der Waals surface area contributed by atoms with Gasteiger partial charge >= 0.3 is 5.97 Å². The lowest BCUT2D eigenvalue weighted by Crippen LogP contribution is -2.39. The molecule has 6 nitrogen and oxygen atoms in total. The predicted octanol–water partition coefficient (Wildman–Crippen LogP) is 1.80. The third kappa shape index (κ3) is 3.00. The Hall–Kier alpha value is -1.85. The van der Waals surface area contributed by atoms with Crippen molar-refractivity contribution in [3.05, 3.63) is 17.0 Å². The van der Waals surface area contributed by atoms with Gasteiger partial charge in [-0.1, -0.05) is 18.0 Å². The maximum atomic E-state index is 12.2. The van der Waals surface area contributed by atoms with Crippen LogP contribution in [-0.4, -0.2) is 22.1 Å². The van der Waals surface area contributed by atoms with Crippen molar-refractivity contribution in [2.75, 3.05) is 0 Å². The zero-order chi connectivity index (χ0) is 14.7. The lowest BCUT2D eigenvalue weighted by Gasteiger charge is -2.27. The number of nitrogens with one attached hydrogen (secondary N) is 1. The van der Waals surface area contributed by atoms with E-state index in [-0.39, 0.29) is 5.91 Å². The normalized spacial score (nSPS) is 22.5. The Balaban J connectivity index is 1.98. The Morgan fingerprint density at radius 1 is 1.30 bits per heavy atom. The van der Waals surface area contributed by atoms with Crippen LogP contribution in [0.1, 0.15) is 42.7 Å². The van der Waals surface area contributed by atoms with E-state index in [1.807, 2.05) is 6.92 Å². The van der Waals surface area contributed by atoms with Gasteiger partial charge in [-0.05, 0) is 26.7 Å². The van der Waals surface area contributed by atoms with Crippen molar-refractivity contribution in [1.29, 1.82) is 0 Å². The number of aromatic nitrogens is 1. The average molecular weight is 280 g/mol. The van der Waals surface area contributed by atoms with E-state index in [1.54, 1.807) is 6.92 Å². The fourth-order valence-electron chi connectivity index (χ4n) is 2.80. The second-order valence-corrected chi connectivity index (χ2v) is 5.36. The average Bonchev–Trinajstić information content (AvgIpc) is 2.75. The molecule has 0 aromatic carbocycles. The number of carboxylic acid groups (broad SMARTS) is 1. The zero-order valence-corrected chi connectivity index (χ0v) is 11.8. The smallest absolute Gasteiger partial charge is 0.307 e. The SMILES string of the molecule is Cc1noc(C)c1CNC(=O)[C@@H]1CCCC[C@@H]1C(=O)O. The Kier molecular flexibility index (Phi) is 4.42. The quantitative estimate of drug-likeness (QED) is 0.877. The van der Waals surface area contributed by atoms with Crippen LogP contribution >= 0.6 is 0 Å². The summed E-state index contributed by atoms with van der Waals surface area (Å²) in [6.07, 6.45) is 3.01. The molecule has 2 N–H and O–H groups in total. The van der Waals surface area contributed by atoms with Crippen LogP contribution in [0.3, 0.4) is 0 Å². The Morgan fingerprint density at radius 2 is 1.95 bits per heavy atom. The molecule has 2 rings (SSSR count). The molecule has 1 aliphatic carbocycles. The monoisotopic (exact) mass is 280 g/mol. The molecule has 1 amide bonds. The lowest BCUT2D eigenvalue weighted by atomic mass is 9.78. The first-order chi connectivity index (χ1) is 9.50. The van der Waals surface area contributed by atoms with Gasteiger partial charge in [0.15, 0.2) is 0 Å². The number of amides is 1. The molecule has 110 valence electrons. The molecular formula is C14H20N2O4. The number of aliphatic carboxylic acids is 1. The van der Waals surface area contributed by atoms with Crippen LogP contribution in [0.25, 0.3) is 0 Å². The molecule has 0 spiro atoms. The van der Waals surface area contributed by atoms with Gasteiger partial charge in [0.25, 0.3) is 0 Å². The van der Waals surface area contributed by atoms with Gasteiger partial charge in [0, 0.05) is 12.1 Å². The predicted molar refractivity (Wildman–Crippen MR) is 70.9 cm³/mol. The van der Waals surface area contributed by atoms with E-state index in [2.05, 4.69) is 10.5 Å². The fraction of sp³-hybridized carbons (Fsp3) is 0.643. The standard InChI is InChI=1S/C14H20N2O4/c1-8-12(9(2)20-16-8)7-15-13(17)10-5-3-4-6-11(10)14(18)19/h10-11H,3-7H2,1-2H3,(H,15,17)(H,18,19)/t10-,11+/m1/s1. The van der Waals surface area contributed by atoms with E-state index < -0.39 is 17.8 Å². The molecule has 1 aliphatic rings. The number of rotatable bonds is 4. The summed E-state index contributed by atoms with van der Waals surface area (Å²) in [6.45, 7) is 3.95. The molecule has 0 radical (unpaired) electrons. The van der Waals surface area contributed by atoms with Gasteiger partial charge < -0.3 is 14.9 Å². The van der Waals surface area contributed by atoms with E-state index in [0.29, 0.717) is 25.1 Å². The lowest BCUT2D eigenvalue weighted by molar-refractivity contribution is -0.148. The molecule has 0 bridgehead atoms. The molecule has 0 aliphatic heterocycles. The summed E-state index contributed by atoms with van der Waals surface area (Å²) in [5.41, 5.74) is 1.61. The summed E-state index contributed by atoms with van der Waals surface area (Å²) in [5, 5.41) is 15.8. The van der Waals surface area contributed by atoms with Crippen molar-refractivity contribution in [1.82, 2.24) is 10.5 Å². The highest BCUT2D eigenvalue weighted by Crippen LogP contribution is 2.30. The van der Waals surface area contributed by atoms with Crippen LogP contribution in [-0.2, 0) is 16.1 Å². The van der Waals surface area contributed by atoms with E-state index in [4.69, 9.17) is 4.52 Å². The highest BCUT2D eigenvalue weighted by molar-refractivity contribution is 5.84. The second-order valence-electron chi connectivity index (χ2n) is 5.36. The van der Waals surface area contributed by atoms with Crippen LogP contribution in [0.4, 0.5) is 0 Å². The number of aryl methyl sites for hydroxylation is 2. The zero-order valence-electron chi connectivity index (χ0n) is 11.8. The third-order valence-electron chi connectivity index (χ3n) is 4.04. The van der Waals surface area contributed by atoms with E-state index >= 15 is 0 Å². The third-order valence-corrected chi connectivity index (χ3v) is 4.04. The Bertz CT molecular complexity index is 490. The topological polar surface area (TPSA) is 92.4 Å². The van der Waals surface area contributed by atoms with E-state index in [0.717, 1.165) is 24.1 Å². The molecule has 2 atom stereocenters. The molecule has 1 aromatic rings. The maximum absolute atomic E-state index is 12.2. The van der Waals surface area contributed by atoms with Crippen molar-refractivity contribution in [3.63, 3.8) is 0 Å². The van der Waals surface area contributed by atoms with Crippen LogP contribution in [0, 0.1) is 25.7 Å². The Labute approximate surface area is 117 Å². The summed E-state index contributed by atoms with van der Waals surface area (Å²) in [6, 6.07) is 0. The van der Waals surface area contributed by atoms with Crippen LogP contribution < -0.4 is 5.32 Å². The Morgan fingerprint density at radius 3 is 2.50 bits per heavy atom. The van der Waals surface area contributed by atoms with Crippen molar-refractivity contribution in [2.45, 2.75) is 46.1 Å². The molecule has 0 saturated heterocycles. The molecule has 0 unspecified atom stereocenters. The molecular weight excluding hydrogens is 260 g/mol. The van der Waals surface area contributed by atoms with Gasteiger partial charge in [-0.3, -0.25) is 9.59 Å². The molecule has 1 aromatic heterocycles. The van der Waals surface area contributed by atoms with Gasteiger partial charge in [0.1, 0.15) is 5.76 Å². The maximum Gasteiger partial charge on any atom is 0.307 e. The van der Waals surface area contributed by atoms with Crippen LogP contribution in [0.2, 0.25) is 0 Å². The number of nitrogens with zero attached hydrogens (tertiary/aromatic N) is 1. The minimum atomic E-state index is -0.873. The van der Waals surface area contributed by atoms with E-state index in [1.165, 1.54) is 0 Å². The van der Waals surface area contributed by atoms with Crippen molar-refractivity contribution in [2.24, 2.45) is 11.8 Å². The van der Waals surface area contributed by atoms with Gasteiger partial charge in [0.2, 0.25) is 5.91 Å². The summed E-state index contributed by atoms with van der Waals surface area (Å²) >= 11 is 0. The number of carboxylic acids is 1. The van der Waals surface area contributed by atoms with Crippen LogP contribution in [0.5, 0.6) is 0 Å². The number of hydrogen-bond donors (Lipinski definition) is 2. The summed E-state index contributed by atoms with van der Waals surface area (Å²) in [4.78, 5) is 23.4. The summed E-state index contributed by atoms with van der Waals surface area (Å²) < 4.78 is 5.04. The molecule has 1 heterocycles. The first-order valence-corrected chi connectivity index (χ1v) is 6.93. The van der Waals surface area contributed by atoms with Crippen molar-refractivity contribution >= 4 is 11.9 Å². The number of carbonyl (C=O) groups excluding carboxylic acids is 1. The van der Waals surface area contributed by atoms with Gasteiger partial charge in [-0.2, -0.15) is 0 Å². The first-order valence-electron chi connectivity index (χ1n) is 6.93. The second kappa shape index (κ2) is 6.07. The van der Waals surface area contributed by atoms with Crippen molar-refractivity contribution < 1.29 is 19.2 Å². The first kappa shape index (κ1) is 14.6. The van der Waals surface area contributed by atoms with Gasteiger partial charge in [-0.15, -0.1) is 0 Å². The highest BCUT2D eigenvalue weighted by Gasteiger charge is 2.35. The number of hydrogen-bond acceptors (Lipinski definition) is 4. The fourth-order valence-corrected chi connectivity index (χ4v) is 2.80. The largest absolute Gasteiger partial charge is 0.481 e. The summed E-state index contributed by atoms with van der Waals surface area (Å²) in [5.74, 6) is -1.37. The van der Waals surface area contributed by atoms with Crippen LogP contribution in [0.15, 0.2) is 4.52 Å². The molecule has 1 saturated carbocycles. The van der Waals surface area contributed by atoms with Gasteiger partial charge in [-0.25, -0.2) is 0 Å². The van der Waals surface area contributed by atoms with Gasteiger partial charge in [0.05, 0.1) is 17.5 Å². The molecule has 6 heteroatoms.